The molecule has 0 aliphatic carbocycles. The second-order valence-corrected chi connectivity index (χ2v) is 5.79. The van der Waals surface area contributed by atoms with Gasteiger partial charge in [-0.25, -0.2) is 0 Å². The number of unbranched alkanes of at least 4 members (excludes halogenated alkanes) is 2. The lowest BCUT2D eigenvalue weighted by Crippen LogP contribution is -2.22. The lowest BCUT2D eigenvalue weighted by atomic mass is 10.1. The summed E-state index contributed by atoms with van der Waals surface area (Å²) in [6.45, 7) is 4.29. The predicted octanol–water partition coefficient (Wildman–Crippen LogP) is 3.99. The van der Waals surface area contributed by atoms with Crippen LogP contribution in [-0.4, -0.2) is 30.1 Å². The summed E-state index contributed by atoms with van der Waals surface area (Å²) in [5.74, 6) is 0. The van der Waals surface area contributed by atoms with E-state index in [9.17, 15) is 5.11 Å². The van der Waals surface area contributed by atoms with Gasteiger partial charge < -0.3 is 10.0 Å². The van der Waals surface area contributed by atoms with Crippen LogP contribution in [0.25, 0.3) is 0 Å². The molecule has 0 amide bonds. The van der Waals surface area contributed by atoms with E-state index in [0.717, 1.165) is 29.5 Å². The summed E-state index contributed by atoms with van der Waals surface area (Å²) in [4.78, 5) is 2.30. The van der Waals surface area contributed by atoms with Crippen molar-refractivity contribution in [2.75, 3.05) is 20.1 Å². The third-order valence-corrected chi connectivity index (χ3v) is 3.65. The van der Waals surface area contributed by atoms with Crippen molar-refractivity contribution in [2.24, 2.45) is 0 Å². The number of benzene rings is 1. The van der Waals surface area contributed by atoms with Crippen molar-refractivity contribution in [2.45, 2.75) is 38.7 Å². The number of aliphatic hydroxyl groups excluding tert-OH is 1. The molecular formula is C15H24BrNO. The van der Waals surface area contributed by atoms with Crippen LogP contribution in [-0.2, 0) is 0 Å². The van der Waals surface area contributed by atoms with Gasteiger partial charge in [0, 0.05) is 11.0 Å². The van der Waals surface area contributed by atoms with Crippen LogP contribution in [0.4, 0.5) is 0 Å². The minimum atomic E-state index is -0.365. The van der Waals surface area contributed by atoms with Crippen LogP contribution in [0.5, 0.6) is 0 Å². The standard InChI is InChI=1S/C15H24BrNO/c1-3-4-5-10-17(2)11-9-15(18)13-7-6-8-14(16)12-13/h6-8,12,15,18H,3-5,9-11H2,1-2H3. The minimum Gasteiger partial charge on any atom is -0.388 e. The molecule has 0 bridgehead atoms. The summed E-state index contributed by atoms with van der Waals surface area (Å²) >= 11 is 3.43. The van der Waals surface area contributed by atoms with Crippen molar-refractivity contribution in [3.63, 3.8) is 0 Å². The molecule has 0 radical (unpaired) electrons. The number of hydrogen-bond donors (Lipinski definition) is 1. The van der Waals surface area contributed by atoms with E-state index in [0.29, 0.717) is 0 Å². The summed E-state index contributed by atoms with van der Waals surface area (Å²) in [5, 5.41) is 10.1. The molecule has 0 saturated carbocycles. The average molecular weight is 314 g/mol. The third kappa shape index (κ3) is 5.98. The smallest absolute Gasteiger partial charge is 0.0802 e. The summed E-state index contributed by atoms with van der Waals surface area (Å²) in [5.41, 5.74) is 0.992. The second kappa shape index (κ2) is 8.68. The van der Waals surface area contributed by atoms with Gasteiger partial charge in [0.2, 0.25) is 0 Å². The molecular weight excluding hydrogens is 290 g/mol. The van der Waals surface area contributed by atoms with E-state index in [1.807, 2.05) is 24.3 Å². The van der Waals surface area contributed by atoms with Crippen LogP contribution in [0, 0.1) is 0 Å². The molecule has 18 heavy (non-hydrogen) atoms. The number of aliphatic hydroxyl groups is 1. The van der Waals surface area contributed by atoms with Crippen LogP contribution in [0.1, 0.15) is 44.3 Å². The molecule has 1 aromatic carbocycles. The van der Waals surface area contributed by atoms with Crippen LogP contribution >= 0.6 is 15.9 Å². The molecule has 0 aromatic heterocycles. The molecule has 0 fully saturated rings. The van der Waals surface area contributed by atoms with Gasteiger partial charge in [-0.3, -0.25) is 0 Å². The first-order valence-corrected chi connectivity index (χ1v) is 7.55. The van der Waals surface area contributed by atoms with E-state index in [2.05, 4.69) is 34.8 Å². The first-order valence-electron chi connectivity index (χ1n) is 6.75. The minimum absolute atomic E-state index is 0.365. The Hall–Kier alpha value is -0.380. The fraction of sp³-hybridized carbons (Fsp3) is 0.600. The van der Waals surface area contributed by atoms with Crippen LogP contribution in [0.15, 0.2) is 28.7 Å². The van der Waals surface area contributed by atoms with Crippen molar-refractivity contribution in [1.29, 1.82) is 0 Å². The van der Waals surface area contributed by atoms with Crippen molar-refractivity contribution in [1.82, 2.24) is 4.90 Å². The van der Waals surface area contributed by atoms with Crippen LogP contribution < -0.4 is 0 Å². The van der Waals surface area contributed by atoms with Crippen LogP contribution in [0.2, 0.25) is 0 Å². The lowest BCUT2D eigenvalue weighted by molar-refractivity contribution is 0.148. The Kier molecular flexibility index (Phi) is 7.56. The van der Waals surface area contributed by atoms with Crippen molar-refractivity contribution < 1.29 is 5.11 Å². The number of nitrogens with zero attached hydrogens (tertiary/aromatic N) is 1. The zero-order valence-electron chi connectivity index (χ0n) is 11.4. The van der Waals surface area contributed by atoms with E-state index < -0.39 is 0 Å². The molecule has 1 unspecified atom stereocenters. The quantitative estimate of drug-likeness (QED) is 0.733. The summed E-state index contributed by atoms with van der Waals surface area (Å²) in [7, 11) is 2.13. The molecule has 1 atom stereocenters. The van der Waals surface area contributed by atoms with Gasteiger partial charge in [-0.1, -0.05) is 47.8 Å². The molecule has 102 valence electrons. The summed E-state index contributed by atoms with van der Waals surface area (Å²) in [6.07, 6.45) is 4.22. The topological polar surface area (TPSA) is 23.5 Å². The van der Waals surface area contributed by atoms with Crippen molar-refractivity contribution in [3.05, 3.63) is 34.3 Å². The highest BCUT2D eigenvalue weighted by atomic mass is 79.9. The Labute approximate surface area is 119 Å². The molecule has 2 nitrogen and oxygen atoms in total. The van der Waals surface area contributed by atoms with Crippen molar-refractivity contribution >= 4 is 15.9 Å². The van der Waals surface area contributed by atoms with Gasteiger partial charge in [0.25, 0.3) is 0 Å². The third-order valence-electron chi connectivity index (χ3n) is 3.16. The van der Waals surface area contributed by atoms with E-state index in [1.54, 1.807) is 0 Å². The molecule has 3 heteroatoms. The molecule has 0 spiro atoms. The predicted molar refractivity (Wildman–Crippen MR) is 80.7 cm³/mol. The monoisotopic (exact) mass is 313 g/mol. The van der Waals surface area contributed by atoms with E-state index in [4.69, 9.17) is 0 Å². The molecule has 0 heterocycles. The number of rotatable bonds is 8. The molecule has 0 saturated heterocycles. The molecule has 1 N–H and O–H groups in total. The summed E-state index contributed by atoms with van der Waals surface area (Å²) in [6, 6.07) is 7.91. The van der Waals surface area contributed by atoms with Gasteiger partial charge in [-0.05, 0) is 44.1 Å². The van der Waals surface area contributed by atoms with Gasteiger partial charge in [0.05, 0.1) is 6.10 Å². The maximum absolute atomic E-state index is 10.1. The first kappa shape index (κ1) is 15.7. The Morgan fingerprint density at radius 3 is 2.72 bits per heavy atom. The first-order chi connectivity index (χ1) is 8.63. The lowest BCUT2D eigenvalue weighted by Gasteiger charge is -2.19. The highest BCUT2D eigenvalue weighted by Gasteiger charge is 2.09. The van der Waals surface area contributed by atoms with Crippen LogP contribution in [0.3, 0.4) is 0 Å². The van der Waals surface area contributed by atoms with Gasteiger partial charge >= 0.3 is 0 Å². The van der Waals surface area contributed by atoms with Gasteiger partial charge in [0.1, 0.15) is 0 Å². The second-order valence-electron chi connectivity index (χ2n) is 4.87. The number of hydrogen-bond acceptors (Lipinski definition) is 2. The van der Waals surface area contributed by atoms with Gasteiger partial charge in [-0.2, -0.15) is 0 Å². The fourth-order valence-electron chi connectivity index (χ4n) is 1.97. The Bertz CT molecular complexity index is 343. The zero-order valence-corrected chi connectivity index (χ0v) is 13.0. The zero-order chi connectivity index (χ0) is 13.4. The van der Waals surface area contributed by atoms with E-state index >= 15 is 0 Å². The fourth-order valence-corrected chi connectivity index (χ4v) is 2.38. The molecule has 0 aliphatic rings. The maximum Gasteiger partial charge on any atom is 0.0802 e. The highest BCUT2D eigenvalue weighted by Crippen LogP contribution is 2.20. The molecule has 0 aliphatic heterocycles. The maximum atomic E-state index is 10.1. The number of halogens is 1. The summed E-state index contributed by atoms with van der Waals surface area (Å²) < 4.78 is 1.02. The SMILES string of the molecule is CCCCCN(C)CCC(O)c1cccc(Br)c1. The van der Waals surface area contributed by atoms with Crippen molar-refractivity contribution in [3.8, 4) is 0 Å². The van der Waals surface area contributed by atoms with E-state index in [-0.39, 0.29) is 6.10 Å². The molecule has 1 rings (SSSR count). The normalized spacial score (nSPS) is 12.9. The average Bonchev–Trinajstić information content (AvgIpc) is 2.36. The highest BCUT2D eigenvalue weighted by molar-refractivity contribution is 9.10. The van der Waals surface area contributed by atoms with E-state index in [1.165, 1.54) is 19.3 Å². The van der Waals surface area contributed by atoms with Gasteiger partial charge in [-0.15, -0.1) is 0 Å². The largest absolute Gasteiger partial charge is 0.388 e. The van der Waals surface area contributed by atoms with Gasteiger partial charge in [0.15, 0.2) is 0 Å². The Morgan fingerprint density at radius 2 is 2.06 bits per heavy atom. The molecule has 1 aromatic rings. The Morgan fingerprint density at radius 1 is 1.28 bits per heavy atom. The Balaban J connectivity index is 2.30.